The molecule has 0 aromatic heterocycles. The first-order valence-electron chi connectivity index (χ1n) is 20.3. The third kappa shape index (κ3) is 6.95. The summed E-state index contributed by atoms with van der Waals surface area (Å²) >= 11 is 0. The van der Waals surface area contributed by atoms with Crippen LogP contribution < -0.4 is 20.6 Å². The fourth-order valence-electron chi connectivity index (χ4n) is 9.41. The van der Waals surface area contributed by atoms with Gasteiger partial charge in [-0.2, -0.15) is 0 Å². The van der Waals surface area contributed by atoms with E-state index in [4.69, 9.17) is 14.7 Å². The minimum atomic E-state index is -2.93. The third-order valence-electron chi connectivity index (χ3n) is 11.7. The monoisotopic (exact) mass is 794 g/mol. The molecule has 0 unspecified atom stereocenters. The molecule has 10 rings (SSSR count). The van der Waals surface area contributed by atoms with Gasteiger partial charge in [0.05, 0.1) is 0 Å². The molecule has 5 heteroatoms. The standard InChI is InChI=1S/C37H31P.C18H13BO3/c1-7-19-31(20-8-1)37(32-21-9-2-10-22-32,33-23-11-3-12-24-33)38(34-25-13-4-14-26-34,35-27-15-5-16-28-35)36-29-17-6-18-30-36;20-19(21)22-17-7-3-6-12-8-9-15-10-13-4-1-2-5-14(13)11-16(15)18(12)17/h1-30,38H;1-11,20-21H. The first-order chi connectivity index (χ1) is 29.6. The average molecular weight is 795 g/mol. The molecule has 3 nitrogen and oxygen atoms in total. The van der Waals surface area contributed by atoms with Gasteiger partial charge in [-0.25, -0.2) is 0 Å². The number of benzene rings is 10. The van der Waals surface area contributed by atoms with Crippen LogP contribution in [0.1, 0.15) is 16.7 Å². The molecule has 2 N–H and O–H groups in total. The van der Waals surface area contributed by atoms with Crippen molar-refractivity contribution in [1.29, 1.82) is 0 Å². The topological polar surface area (TPSA) is 49.7 Å². The number of hydrogen-bond donors (Lipinski definition) is 2. The SMILES string of the molecule is OB(O)Oc1cccc2ccc3cc4ccccc4cc3c12.c1ccc(C(c2ccccc2)(c2ccccc2)[PH](c2ccccc2)(c2ccccc2)c2ccccc2)cc1. The van der Waals surface area contributed by atoms with Crippen LogP contribution in [0.25, 0.3) is 32.3 Å². The van der Waals surface area contributed by atoms with Crippen LogP contribution in [-0.4, -0.2) is 17.4 Å². The zero-order valence-electron chi connectivity index (χ0n) is 33.1. The van der Waals surface area contributed by atoms with E-state index in [1.807, 2.05) is 30.3 Å². The van der Waals surface area contributed by atoms with Gasteiger partial charge in [-0.15, -0.1) is 0 Å². The fourth-order valence-corrected chi connectivity index (χ4v) is 15.6. The first-order valence-corrected chi connectivity index (χ1v) is 22.3. The Bertz CT molecular complexity index is 2650. The molecule has 10 aromatic carbocycles. The minimum absolute atomic E-state index is 0.458. The Balaban J connectivity index is 0.000000178. The summed E-state index contributed by atoms with van der Waals surface area (Å²) < 4.78 is 5.16. The van der Waals surface area contributed by atoms with E-state index >= 15 is 0 Å². The maximum absolute atomic E-state index is 9.14. The van der Waals surface area contributed by atoms with E-state index in [2.05, 4.69) is 212 Å². The van der Waals surface area contributed by atoms with E-state index in [0.717, 1.165) is 26.9 Å². The Morgan fingerprint density at radius 1 is 0.350 bits per heavy atom. The molecule has 10 aromatic rings. The van der Waals surface area contributed by atoms with Gasteiger partial charge in [-0.05, 0) is 45.1 Å². The van der Waals surface area contributed by atoms with E-state index in [1.165, 1.54) is 38.0 Å². The van der Waals surface area contributed by atoms with Crippen LogP contribution in [-0.2, 0) is 5.16 Å². The predicted octanol–water partition coefficient (Wildman–Crippen LogP) is 11.2. The number of rotatable bonds is 9. The summed E-state index contributed by atoms with van der Waals surface area (Å²) in [7, 11) is -4.76. The summed E-state index contributed by atoms with van der Waals surface area (Å²) in [6, 6.07) is 89.3. The Hall–Kier alpha value is -6.81. The van der Waals surface area contributed by atoms with Gasteiger partial charge in [-0.3, -0.25) is 0 Å². The molecular weight excluding hydrogens is 750 g/mol. The molecule has 0 amide bonds. The van der Waals surface area contributed by atoms with E-state index in [1.54, 1.807) is 6.07 Å². The van der Waals surface area contributed by atoms with Crippen molar-refractivity contribution in [2.24, 2.45) is 0 Å². The molecule has 0 fully saturated rings. The molecule has 0 aliphatic heterocycles. The summed E-state index contributed by atoms with van der Waals surface area (Å²) in [5, 5.41) is 28.3. The zero-order chi connectivity index (χ0) is 40.8. The van der Waals surface area contributed by atoms with Crippen molar-refractivity contribution < 1.29 is 14.7 Å². The van der Waals surface area contributed by atoms with Crippen molar-refractivity contribution in [3.63, 3.8) is 0 Å². The number of hydrogen-bond acceptors (Lipinski definition) is 3. The quantitative estimate of drug-likeness (QED) is 0.0503. The molecule has 60 heavy (non-hydrogen) atoms. The van der Waals surface area contributed by atoms with Crippen LogP contribution in [0.5, 0.6) is 5.75 Å². The van der Waals surface area contributed by atoms with Crippen molar-refractivity contribution in [2.45, 2.75) is 5.16 Å². The molecule has 0 radical (unpaired) electrons. The van der Waals surface area contributed by atoms with Crippen molar-refractivity contribution in [2.75, 3.05) is 0 Å². The van der Waals surface area contributed by atoms with Gasteiger partial charge in [0, 0.05) is 5.39 Å². The van der Waals surface area contributed by atoms with E-state index in [0.29, 0.717) is 5.75 Å². The number of fused-ring (bicyclic) bond motifs is 4. The second kappa shape index (κ2) is 17.2. The summed E-state index contributed by atoms with van der Waals surface area (Å²) in [6.45, 7) is 0. The van der Waals surface area contributed by atoms with Crippen molar-refractivity contribution in [3.8, 4) is 5.75 Å². The molecule has 0 bridgehead atoms. The average Bonchev–Trinajstić information content (AvgIpc) is 3.32. The van der Waals surface area contributed by atoms with Gasteiger partial charge >= 0.3 is 234 Å². The normalized spacial score (nSPS) is 11.8. The summed E-state index contributed by atoms with van der Waals surface area (Å²) in [5.74, 6) is 0.466. The van der Waals surface area contributed by atoms with Gasteiger partial charge in [0.1, 0.15) is 5.75 Å². The molecule has 0 saturated carbocycles. The second-order valence-electron chi connectivity index (χ2n) is 15.0. The van der Waals surface area contributed by atoms with Crippen molar-refractivity contribution in [3.05, 3.63) is 265 Å². The van der Waals surface area contributed by atoms with Crippen LogP contribution in [0.3, 0.4) is 0 Å². The Kier molecular flexibility index (Phi) is 11.1. The molecule has 0 heterocycles. The Morgan fingerprint density at radius 3 is 1.15 bits per heavy atom. The van der Waals surface area contributed by atoms with E-state index in [9.17, 15) is 0 Å². The van der Waals surface area contributed by atoms with Gasteiger partial charge < -0.3 is 14.7 Å². The van der Waals surface area contributed by atoms with E-state index in [-0.39, 0.29) is 0 Å². The summed E-state index contributed by atoms with van der Waals surface area (Å²) in [6.07, 6.45) is 0. The third-order valence-corrected chi connectivity index (χ3v) is 17.3. The molecule has 0 aliphatic rings. The van der Waals surface area contributed by atoms with Gasteiger partial charge in [0.15, 0.2) is 0 Å². The van der Waals surface area contributed by atoms with Crippen LogP contribution in [0.4, 0.5) is 0 Å². The van der Waals surface area contributed by atoms with Gasteiger partial charge in [0.2, 0.25) is 0 Å². The van der Waals surface area contributed by atoms with Crippen LogP contribution >= 0.6 is 7.26 Å². The van der Waals surface area contributed by atoms with Crippen molar-refractivity contribution >= 4 is 62.8 Å². The molecule has 290 valence electrons. The Morgan fingerprint density at radius 2 is 0.717 bits per heavy atom. The maximum atomic E-state index is 9.14. The molecule has 0 saturated heterocycles. The molecule has 0 atom stereocenters. The summed E-state index contributed by atoms with van der Waals surface area (Å²) in [4.78, 5) is 0. The first kappa shape index (κ1) is 38.7. The van der Waals surface area contributed by atoms with Crippen LogP contribution in [0.15, 0.2) is 249 Å². The molecule has 0 aliphatic carbocycles. The van der Waals surface area contributed by atoms with Gasteiger partial charge in [-0.1, -0.05) is 48.5 Å². The van der Waals surface area contributed by atoms with Crippen LogP contribution in [0, 0.1) is 0 Å². The van der Waals surface area contributed by atoms with Gasteiger partial charge in [0.25, 0.3) is 0 Å². The molecule has 0 spiro atoms. The predicted molar refractivity (Wildman–Crippen MR) is 256 cm³/mol. The summed E-state index contributed by atoms with van der Waals surface area (Å²) in [5.41, 5.74) is 3.92. The van der Waals surface area contributed by atoms with Crippen LogP contribution in [0.2, 0.25) is 0 Å². The second-order valence-corrected chi connectivity index (χ2v) is 19.0. The zero-order valence-corrected chi connectivity index (χ0v) is 34.1. The molecular formula is C55H44BO3P. The van der Waals surface area contributed by atoms with Crippen molar-refractivity contribution in [1.82, 2.24) is 0 Å². The Labute approximate surface area is 352 Å². The fraction of sp³-hybridized carbons (Fsp3) is 0.0182. The van der Waals surface area contributed by atoms with E-state index < -0.39 is 19.7 Å².